The number of nitrogens with zero attached hydrogens (tertiary/aromatic N) is 3. The minimum absolute atomic E-state index is 0.124. The molecule has 0 radical (unpaired) electrons. The summed E-state index contributed by atoms with van der Waals surface area (Å²) in [5.74, 6) is 1.53. The van der Waals surface area contributed by atoms with Crippen LogP contribution >= 0.6 is 11.8 Å². The maximum Gasteiger partial charge on any atom is 0.261 e. The molecule has 1 unspecified atom stereocenters. The summed E-state index contributed by atoms with van der Waals surface area (Å²) in [5.41, 5.74) is 2.35. The molecule has 0 aliphatic carbocycles. The Balaban J connectivity index is 1.46. The average Bonchev–Trinajstić information content (AvgIpc) is 3.20. The monoisotopic (exact) mass is 421 g/mol. The third-order valence-corrected chi connectivity index (χ3v) is 5.64. The molecule has 0 saturated heterocycles. The minimum Gasteiger partial charge on any atom is -0.346 e. The number of nitrogens with one attached hydrogen (secondary N) is 2. The van der Waals surface area contributed by atoms with Crippen LogP contribution in [0.3, 0.4) is 0 Å². The Morgan fingerprint density at radius 2 is 1.93 bits per heavy atom. The number of hydrogen-bond donors (Lipinski definition) is 2. The largest absolute Gasteiger partial charge is 0.346 e. The van der Waals surface area contributed by atoms with Crippen LogP contribution in [0.25, 0.3) is 21.9 Å². The summed E-state index contributed by atoms with van der Waals surface area (Å²) in [4.78, 5) is 37.5. The first-order valence-electron chi connectivity index (χ1n) is 9.83. The fraction of sp³-hybridized carbons (Fsp3) is 0.273. The first-order valence-corrected chi connectivity index (χ1v) is 11.2. The lowest BCUT2D eigenvalue weighted by atomic mass is 10.2. The highest BCUT2D eigenvalue weighted by atomic mass is 32.2. The number of rotatable bonds is 8. The quantitative estimate of drug-likeness (QED) is 0.455. The molecule has 2 aromatic heterocycles. The summed E-state index contributed by atoms with van der Waals surface area (Å²) in [6.07, 6.45) is 4.50. The lowest BCUT2D eigenvalue weighted by molar-refractivity contribution is -0.122. The van der Waals surface area contributed by atoms with Crippen LogP contribution in [0, 0.1) is 0 Å². The van der Waals surface area contributed by atoms with Gasteiger partial charge in [0, 0.05) is 13.0 Å². The Morgan fingerprint density at radius 1 is 1.17 bits per heavy atom. The number of H-pyrrole nitrogens is 1. The van der Waals surface area contributed by atoms with Crippen molar-refractivity contribution in [2.75, 3.05) is 12.0 Å². The first kappa shape index (κ1) is 20.2. The lowest BCUT2D eigenvalue weighted by Gasteiger charge is -2.16. The van der Waals surface area contributed by atoms with E-state index >= 15 is 0 Å². The second kappa shape index (κ2) is 9.13. The highest BCUT2D eigenvalue weighted by Crippen LogP contribution is 2.20. The molecule has 154 valence electrons. The summed E-state index contributed by atoms with van der Waals surface area (Å²) in [7, 11) is 0. The molecule has 2 heterocycles. The second-order valence-electron chi connectivity index (χ2n) is 7.05. The van der Waals surface area contributed by atoms with Crippen molar-refractivity contribution in [1.29, 1.82) is 0 Å². The van der Waals surface area contributed by atoms with Crippen molar-refractivity contribution in [1.82, 2.24) is 24.8 Å². The Kier molecular flexibility index (Phi) is 6.13. The maximum absolute atomic E-state index is 12.7. The topological polar surface area (TPSA) is 92.7 Å². The molecule has 4 aromatic rings. The average molecular weight is 422 g/mol. The van der Waals surface area contributed by atoms with Crippen LogP contribution < -0.4 is 10.9 Å². The Hall–Kier alpha value is -3.13. The molecule has 1 atom stereocenters. The van der Waals surface area contributed by atoms with Gasteiger partial charge in [-0.2, -0.15) is 11.8 Å². The van der Waals surface area contributed by atoms with Crippen LogP contribution in [0.1, 0.15) is 24.7 Å². The zero-order valence-corrected chi connectivity index (χ0v) is 17.5. The zero-order chi connectivity index (χ0) is 20.9. The molecule has 0 spiro atoms. The number of aromatic nitrogens is 4. The molecule has 1 amide bonds. The van der Waals surface area contributed by atoms with Gasteiger partial charge in [-0.05, 0) is 42.7 Å². The molecule has 0 aliphatic heterocycles. The summed E-state index contributed by atoms with van der Waals surface area (Å²) in [6.45, 7) is 0.276. The number of carbonyl (C=O) groups is 1. The number of para-hydroxylation sites is 3. The van der Waals surface area contributed by atoms with Crippen molar-refractivity contribution in [2.24, 2.45) is 0 Å². The zero-order valence-electron chi connectivity index (χ0n) is 16.7. The predicted octanol–water partition coefficient (Wildman–Crippen LogP) is 3.27. The van der Waals surface area contributed by atoms with Gasteiger partial charge in [0.25, 0.3) is 5.56 Å². The molecule has 7 nitrogen and oxygen atoms in total. The van der Waals surface area contributed by atoms with E-state index in [4.69, 9.17) is 0 Å². The van der Waals surface area contributed by atoms with Crippen molar-refractivity contribution >= 4 is 39.6 Å². The van der Waals surface area contributed by atoms with Crippen LogP contribution in [-0.4, -0.2) is 37.4 Å². The van der Waals surface area contributed by atoms with Crippen molar-refractivity contribution in [3.63, 3.8) is 0 Å². The molecule has 0 saturated carbocycles. The SMILES string of the molecule is CSCCC(NC(=O)CCn1cnc2ccccc2c1=O)c1nc2ccccc2[nH]1. The molecular formula is C22H23N5O2S. The van der Waals surface area contributed by atoms with E-state index < -0.39 is 0 Å². The van der Waals surface area contributed by atoms with Crippen LogP contribution in [0.2, 0.25) is 0 Å². The van der Waals surface area contributed by atoms with Crippen LogP contribution in [0.5, 0.6) is 0 Å². The fourth-order valence-electron chi connectivity index (χ4n) is 3.40. The molecule has 30 heavy (non-hydrogen) atoms. The Bertz CT molecular complexity index is 1200. The van der Waals surface area contributed by atoms with Crippen LogP contribution in [0.15, 0.2) is 59.7 Å². The summed E-state index contributed by atoms with van der Waals surface area (Å²) in [6, 6.07) is 14.8. The standard InChI is InChI=1S/C22H23N5O2S/c1-30-13-11-19(21-25-17-8-4-5-9-18(17)26-21)24-20(28)10-12-27-14-23-16-7-3-2-6-15(16)22(27)29/h2-9,14,19H,10-13H2,1H3,(H,24,28)(H,25,26). The highest BCUT2D eigenvalue weighted by molar-refractivity contribution is 7.98. The summed E-state index contributed by atoms with van der Waals surface area (Å²) >= 11 is 1.73. The third kappa shape index (κ3) is 4.38. The van der Waals surface area contributed by atoms with Gasteiger partial charge in [-0.3, -0.25) is 14.2 Å². The van der Waals surface area contributed by atoms with Gasteiger partial charge in [0.2, 0.25) is 5.91 Å². The van der Waals surface area contributed by atoms with Gasteiger partial charge in [-0.1, -0.05) is 24.3 Å². The summed E-state index contributed by atoms with van der Waals surface area (Å²) < 4.78 is 1.49. The molecule has 8 heteroatoms. The van der Waals surface area contributed by atoms with E-state index in [-0.39, 0.29) is 30.5 Å². The van der Waals surface area contributed by atoms with Crippen molar-refractivity contribution in [2.45, 2.75) is 25.4 Å². The number of aryl methyl sites for hydroxylation is 1. The van der Waals surface area contributed by atoms with E-state index in [2.05, 4.69) is 20.3 Å². The first-order chi connectivity index (χ1) is 14.7. The van der Waals surface area contributed by atoms with E-state index in [1.165, 1.54) is 10.9 Å². The number of carbonyl (C=O) groups excluding carboxylic acids is 1. The van der Waals surface area contributed by atoms with Crippen LogP contribution in [0.4, 0.5) is 0 Å². The number of thioether (sulfide) groups is 1. The van der Waals surface area contributed by atoms with E-state index in [1.54, 1.807) is 23.9 Å². The number of benzene rings is 2. The molecule has 0 bridgehead atoms. The van der Waals surface area contributed by atoms with Gasteiger partial charge in [0.05, 0.1) is 34.3 Å². The Labute approximate surface area is 177 Å². The molecular weight excluding hydrogens is 398 g/mol. The molecule has 0 fully saturated rings. The van der Waals surface area contributed by atoms with Crippen molar-refractivity contribution in [3.8, 4) is 0 Å². The molecule has 2 N–H and O–H groups in total. The summed E-state index contributed by atoms with van der Waals surface area (Å²) in [5, 5.41) is 3.63. The highest BCUT2D eigenvalue weighted by Gasteiger charge is 2.18. The number of imidazole rings is 1. The minimum atomic E-state index is -0.205. The number of fused-ring (bicyclic) bond motifs is 2. The van der Waals surface area contributed by atoms with E-state index in [1.807, 2.05) is 42.7 Å². The second-order valence-corrected chi connectivity index (χ2v) is 8.04. The smallest absolute Gasteiger partial charge is 0.261 e. The third-order valence-electron chi connectivity index (χ3n) is 4.99. The molecule has 4 rings (SSSR count). The number of aromatic amines is 1. The van der Waals surface area contributed by atoms with Crippen molar-refractivity contribution in [3.05, 3.63) is 71.0 Å². The molecule has 2 aromatic carbocycles. The molecule has 0 aliphatic rings. The van der Waals surface area contributed by atoms with E-state index in [0.29, 0.717) is 10.9 Å². The maximum atomic E-state index is 12.7. The number of hydrogen-bond acceptors (Lipinski definition) is 5. The van der Waals surface area contributed by atoms with Gasteiger partial charge in [0.15, 0.2) is 0 Å². The van der Waals surface area contributed by atoms with Gasteiger partial charge >= 0.3 is 0 Å². The van der Waals surface area contributed by atoms with Gasteiger partial charge < -0.3 is 10.3 Å². The van der Waals surface area contributed by atoms with E-state index in [9.17, 15) is 9.59 Å². The van der Waals surface area contributed by atoms with Gasteiger partial charge in [0.1, 0.15) is 5.82 Å². The number of amides is 1. The normalized spacial score (nSPS) is 12.3. The predicted molar refractivity (Wildman–Crippen MR) is 121 cm³/mol. The van der Waals surface area contributed by atoms with Crippen LogP contribution in [-0.2, 0) is 11.3 Å². The fourth-order valence-corrected chi connectivity index (χ4v) is 3.88. The van der Waals surface area contributed by atoms with Gasteiger partial charge in [-0.15, -0.1) is 0 Å². The van der Waals surface area contributed by atoms with Gasteiger partial charge in [-0.25, -0.2) is 9.97 Å². The Morgan fingerprint density at radius 3 is 2.73 bits per heavy atom. The van der Waals surface area contributed by atoms with E-state index in [0.717, 1.165) is 29.0 Å². The van der Waals surface area contributed by atoms with Crippen molar-refractivity contribution < 1.29 is 4.79 Å². The lowest BCUT2D eigenvalue weighted by Crippen LogP contribution is -2.31.